The molecule has 0 fully saturated rings. The van der Waals surface area contributed by atoms with Crippen molar-refractivity contribution in [1.82, 2.24) is 35.8 Å². The third-order valence-electron chi connectivity index (χ3n) is 23.2. The average Bonchev–Trinajstić information content (AvgIpc) is 1.62. The molecule has 1 amide bonds. The molecule has 700 valence electrons. The number of H-pyrrole nitrogens is 1. The first-order valence-electron chi connectivity index (χ1n) is 45.7. The Morgan fingerprint density at radius 3 is 1.28 bits per heavy atom. The van der Waals surface area contributed by atoms with Crippen LogP contribution in [-0.4, -0.2) is 217 Å². The van der Waals surface area contributed by atoms with Crippen LogP contribution in [-0.2, 0) is 14.1 Å². The van der Waals surface area contributed by atoms with E-state index >= 15 is 0 Å². The number of fused-ring (bicyclic) bond motifs is 9. The maximum atomic E-state index is 13.7. The second kappa shape index (κ2) is 45.7. The number of ether oxygens (including phenoxy) is 2. The Bertz CT molecular complexity index is 6730. The fraction of sp³-hybridized carbons (Fsp3) is 0.260. The molecule has 15 rings (SSSR count). The normalized spacial score (nSPS) is 15.3. The molecular formula is C104H111N23O10+2. The van der Waals surface area contributed by atoms with Gasteiger partial charge in [-0.15, -0.1) is 0 Å². The monoisotopic (exact) mass is 1840 g/mol. The Balaban J connectivity index is 0.701. The summed E-state index contributed by atoms with van der Waals surface area (Å²) in [5, 5.41) is 108. The molecule has 33 nitrogen and oxygen atoms in total. The van der Waals surface area contributed by atoms with Crippen molar-refractivity contribution >= 4 is 137 Å². The average molecular weight is 1840 g/mol. The number of nitrogens with zero attached hydrogens (tertiary/aromatic N) is 15. The molecule has 5 aromatic carbocycles. The molecule has 0 unspecified atom stereocenters. The van der Waals surface area contributed by atoms with Gasteiger partial charge in [0.25, 0.3) is 5.91 Å². The maximum Gasteiger partial charge on any atom is 0.252 e. The standard InChI is InChI=1S/C104H109N23O10/c1-125-52-40-65(41-53-125)93-79-32-34-81(119-79)94(66-42-54-126(2)55-43-66)83-36-38-85(121-83)96(86-39-37-84(122-86)95(82-35-33-80(93)120-82)67-44-56-127(3)57-45-67)68-58-69(136-63-91(130)123-87(30-20-50-113-103(105)106)99(132)115-61-89(128)109-46-16-4-6-18-48-111-101(134)97-71-22-8-12-26-75(71)117-76-27-13-9-23-72(76)97)60-70(59-68)137-64-92(131)124-88(31-21-51-114-104(107)108)100(133)116-62-90(129)110-47-17-5-7-19-49-112-102(135)98-73-24-10-14-28-77(73)118-78-29-15-11-25-74(78)98/h8-15,22-29,32-45,52-60,87-88H,4-7,16-21,30-31,46-51,61-64H2,1-3H3,(H15-2,105,106,107,108,109,110,111,112,113,114,115,116,119,120,121,122,123,124,128,129,130,131,132,133,134,135)/p+2/t87-,88-/m0/s1. The third-order valence-corrected chi connectivity index (χ3v) is 23.2. The van der Waals surface area contributed by atoms with E-state index in [1.807, 2.05) is 242 Å². The number of aliphatic imine (C=N–C) groups is 10. The molecule has 2 atom stereocenters. The molecule has 5 aliphatic rings. The Morgan fingerprint density at radius 2 is 0.832 bits per heavy atom. The van der Waals surface area contributed by atoms with E-state index in [-0.39, 0.29) is 98.9 Å². The predicted octanol–water partition coefficient (Wildman–Crippen LogP) is 14.6. The number of nitrogens with one attached hydrogen (secondary N) is 6. The van der Waals surface area contributed by atoms with Crippen LogP contribution in [0.15, 0.2) is 316 Å². The van der Waals surface area contributed by atoms with Gasteiger partial charge in [0.05, 0.1) is 67.4 Å². The summed E-state index contributed by atoms with van der Waals surface area (Å²) in [6.07, 6.45) is 34.2. The molecule has 10 aromatic rings. The van der Waals surface area contributed by atoms with Gasteiger partial charge in [0, 0.05) is 144 Å². The van der Waals surface area contributed by atoms with Crippen LogP contribution in [0.1, 0.15) is 121 Å². The summed E-state index contributed by atoms with van der Waals surface area (Å²) >= 11 is 0. The maximum absolute atomic E-state index is 13.7. The van der Waals surface area contributed by atoms with Gasteiger partial charge < -0.3 is 82.5 Å². The lowest BCUT2D eigenvalue weighted by molar-refractivity contribution is -0.671. The number of amides is 1. The van der Waals surface area contributed by atoms with Crippen LogP contribution < -0.4 is 46.0 Å². The summed E-state index contributed by atoms with van der Waals surface area (Å²) in [5.41, 5.74) is 26.5. The van der Waals surface area contributed by atoms with Crippen LogP contribution in [0.25, 0.3) is 60.3 Å². The van der Waals surface area contributed by atoms with Crippen LogP contribution in [0, 0.1) is 10.8 Å². The largest absolute Gasteiger partial charge is 0.495 e. The van der Waals surface area contributed by atoms with E-state index in [1.165, 1.54) is 6.07 Å². The number of hydrogen-bond donors (Lipinski definition) is 15. The van der Waals surface area contributed by atoms with Crippen molar-refractivity contribution in [2.24, 2.45) is 75.5 Å². The highest BCUT2D eigenvalue weighted by Gasteiger charge is 2.30. The van der Waals surface area contributed by atoms with E-state index in [2.05, 4.69) is 68.0 Å². The fourth-order valence-corrected chi connectivity index (χ4v) is 16.4. The van der Waals surface area contributed by atoms with Gasteiger partial charge in [0.1, 0.15) is 50.8 Å². The number of para-hydroxylation sites is 4. The van der Waals surface area contributed by atoms with Crippen molar-refractivity contribution in [3.05, 3.63) is 305 Å². The van der Waals surface area contributed by atoms with E-state index in [4.69, 9.17) is 56.7 Å². The lowest BCUT2D eigenvalue weighted by Crippen LogP contribution is -2.32. The Hall–Kier alpha value is -16.6. The van der Waals surface area contributed by atoms with Gasteiger partial charge in [-0.2, -0.15) is 0 Å². The van der Waals surface area contributed by atoms with Crippen LogP contribution in [0.4, 0.5) is 0 Å². The number of aliphatic hydroxyl groups excluding tert-OH is 7. The number of allylic oxidation sites excluding steroid dienone is 11. The zero-order valence-corrected chi connectivity index (χ0v) is 76.4. The Kier molecular flexibility index (Phi) is 31.7. The zero-order chi connectivity index (χ0) is 95.7. The number of aromatic amines is 1. The van der Waals surface area contributed by atoms with Crippen LogP contribution >= 0.6 is 0 Å². The summed E-state index contributed by atoms with van der Waals surface area (Å²) in [6, 6.07) is 45.2. The first-order valence-corrected chi connectivity index (χ1v) is 45.7. The molecule has 10 heterocycles. The zero-order valence-electron chi connectivity index (χ0n) is 76.4. The van der Waals surface area contributed by atoms with E-state index in [1.54, 1.807) is 12.1 Å². The number of hydrogen-bond acceptors (Lipinski definition) is 18. The third kappa shape index (κ3) is 24.8. The second-order valence-corrected chi connectivity index (χ2v) is 33.3. The molecule has 0 saturated carbocycles. The number of guanidine groups is 2. The number of nitrogens with two attached hydrogens (primary N) is 2. The van der Waals surface area contributed by atoms with Crippen molar-refractivity contribution in [2.45, 2.75) is 89.1 Å². The Labute approximate surface area is 791 Å². The summed E-state index contributed by atoms with van der Waals surface area (Å²) in [5.74, 6) is -3.44. The van der Waals surface area contributed by atoms with Gasteiger partial charge in [-0.1, -0.05) is 98.5 Å². The van der Waals surface area contributed by atoms with E-state index < -0.39 is 62.0 Å². The summed E-state index contributed by atoms with van der Waals surface area (Å²) < 4.78 is 17.0. The number of carbonyl (C=O) groups excluding carboxylic acids is 1. The number of rotatable bonds is 41. The molecule has 8 bridgehead atoms. The number of benzene rings is 5. The smallest absolute Gasteiger partial charge is 0.252 e. The van der Waals surface area contributed by atoms with Crippen molar-refractivity contribution in [3.63, 3.8) is 0 Å². The molecule has 17 N–H and O–H groups in total. The second-order valence-electron chi connectivity index (χ2n) is 33.3. The number of aliphatic hydroxyl groups is 7. The minimum Gasteiger partial charge on any atom is -0.495 e. The molecule has 33 heteroatoms. The SMILES string of the molecule is CN1C=CC(=C2C3=NC(=C(c4cc[n+](C)cc4)C4=NC(=C(c5cc[n+](C)cc5)c5ccc([nH]5)C(c5cc(OCC(O)=N[C@@H](CCCNC(=N)N)C(O)=NCC(O)=NCCCCCCN=C(O)c6c7ccccc7nc7ccccc67)cc(OCC(O)=N[C@@H](CCCNC(=N)N)C(O)=NCC(O)=NCCCCCCNC(=O)c6c7ccccc7nc7ccccc67)c5)=C5C=CC2=N5)C=C4)C=C3)C=C1. The van der Waals surface area contributed by atoms with Crippen molar-refractivity contribution in [2.75, 3.05) is 72.6 Å². The van der Waals surface area contributed by atoms with E-state index in [0.29, 0.717) is 107 Å². The molecule has 5 aliphatic heterocycles. The van der Waals surface area contributed by atoms with E-state index in [9.17, 15) is 40.5 Å². The van der Waals surface area contributed by atoms with Gasteiger partial charge in [0.2, 0.25) is 41.3 Å². The topological polar surface area (TPSA) is 489 Å². The molecule has 0 aliphatic carbocycles. The van der Waals surface area contributed by atoms with Crippen molar-refractivity contribution in [1.29, 1.82) is 10.8 Å². The van der Waals surface area contributed by atoms with Crippen molar-refractivity contribution in [3.8, 4) is 11.5 Å². The number of aryl methyl sites for hydroxylation is 2. The van der Waals surface area contributed by atoms with Gasteiger partial charge in [0.15, 0.2) is 49.9 Å². The van der Waals surface area contributed by atoms with Crippen molar-refractivity contribution < 1.29 is 59.1 Å². The fourth-order valence-electron chi connectivity index (χ4n) is 16.4. The van der Waals surface area contributed by atoms with Crippen LogP contribution in [0.2, 0.25) is 0 Å². The minimum atomic E-state index is -1.20. The van der Waals surface area contributed by atoms with Crippen LogP contribution in [0.3, 0.4) is 0 Å². The first kappa shape index (κ1) is 95.0. The van der Waals surface area contributed by atoms with E-state index in [0.717, 1.165) is 103 Å². The Morgan fingerprint density at radius 1 is 0.438 bits per heavy atom. The van der Waals surface area contributed by atoms with Gasteiger partial charge >= 0.3 is 0 Å². The quantitative estimate of drug-likeness (QED) is 0.00556. The summed E-state index contributed by atoms with van der Waals surface area (Å²) in [7, 11) is 5.86. The van der Waals surface area contributed by atoms with Gasteiger partial charge in [-0.3, -0.25) is 30.6 Å². The highest BCUT2D eigenvalue weighted by molar-refractivity contribution is 6.37. The number of pyridine rings is 4. The number of aromatic nitrogens is 5. The minimum absolute atomic E-state index is 0.0479. The molecule has 137 heavy (non-hydrogen) atoms. The molecule has 0 spiro atoms. The van der Waals surface area contributed by atoms with Gasteiger partial charge in [-0.05, 0) is 171 Å². The highest BCUT2D eigenvalue weighted by Crippen LogP contribution is 2.41. The summed E-state index contributed by atoms with van der Waals surface area (Å²) in [6.45, 7) is -0.208. The predicted molar refractivity (Wildman–Crippen MR) is 543 cm³/mol. The lowest BCUT2D eigenvalue weighted by Gasteiger charge is -2.17. The molecule has 5 aromatic heterocycles. The number of carbonyl (C=O) groups is 1. The highest BCUT2D eigenvalue weighted by atomic mass is 16.5. The molecule has 0 radical (unpaired) electrons. The van der Waals surface area contributed by atoms with Gasteiger partial charge in [-0.25, -0.2) is 54.0 Å². The summed E-state index contributed by atoms with van der Waals surface area (Å²) in [4.78, 5) is 76.0. The first-order chi connectivity index (χ1) is 66.6. The molecular weight excluding hydrogens is 1730 g/mol. The van der Waals surface area contributed by atoms with Crippen LogP contribution in [0.5, 0.6) is 11.5 Å². The lowest BCUT2D eigenvalue weighted by atomic mass is 9.97. The molecule has 0 saturated heterocycles. The number of unbranched alkanes of at least 4 members (excludes halogenated alkanes) is 6.